The Morgan fingerprint density at radius 3 is 2.17 bits per heavy atom. The summed E-state index contributed by atoms with van der Waals surface area (Å²) in [4.78, 5) is 39.0. The van der Waals surface area contributed by atoms with E-state index in [1.807, 2.05) is 43.3 Å². The number of carbonyl (C=O) groups is 3. The van der Waals surface area contributed by atoms with E-state index in [1.165, 1.54) is 0 Å². The summed E-state index contributed by atoms with van der Waals surface area (Å²) in [5.74, 6) is -1.42. The Balaban J connectivity index is 1.33. The first-order valence-corrected chi connectivity index (χ1v) is 12.1. The standard InChI is InChI=1S/C27H33N3O5/c1-30(2)15-12-23(24(31)32)29-25(33)27(13-7-14-27)17-28-26(34)35-16-22-20-10-5-3-8-18(20)19-9-4-6-11-21(19)22/h3-6,8-11,22-23H,7,12-17H2,1-2H3,(H,28,34)(H,29,33)(H,31,32). The highest BCUT2D eigenvalue weighted by Gasteiger charge is 2.45. The molecule has 1 saturated carbocycles. The van der Waals surface area contributed by atoms with Crippen molar-refractivity contribution in [2.45, 2.75) is 37.6 Å². The van der Waals surface area contributed by atoms with Gasteiger partial charge in [-0.2, -0.15) is 0 Å². The van der Waals surface area contributed by atoms with Gasteiger partial charge in [0, 0.05) is 19.0 Å². The van der Waals surface area contributed by atoms with Crippen LogP contribution >= 0.6 is 0 Å². The smallest absolute Gasteiger partial charge is 0.407 e. The van der Waals surface area contributed by atoms with Crippen LogP contribution in [0.25, 0.3) is 11.1 Å². The number of nitrogens with one attached hydrogen (secondary N) is 2. The molecule has 2 aromatic carbocycles. The van der Waals surface area contributed by atoms with Crippen molar-refractivity contribution in [2.24, 2.45) is 5.41 Å². The molecule has 0 spiro atoms. The van der Waals surface area contributed by atoms with Gasteiger partial charge in [-0.1, -0.05) is 55.0 Å². The molecule has 0 bridgehead atoms. The summed E-state index contributed by atoms with van der Waals surface area (Å²) in [6, 6.07) is 15.3. The van der Waals surface area contributed by atoms with Gasteiger partial charge in [0.05, 0.1) is 5.41 Å². The molecule has 35 heavy (non-hydrogen) atoms. The molecule has 8 heteroatoms. The quantitative estimate of drug-likeness (QED) is 0.483. The molecular formula is C27H33N3O5. The zero-order chi connectivity index (χ0) is 25.0. The second kappa shape index (κ2) is 10.5. The molecule has 0 radical (unpaired) electrons. The molecule has 0 saturated heterocycles. The highest BCUT2D eigenvalue weighted by molar-refractivity contribution is 5.88. The lowest BCUT2D eigenvalue weighted by Crippen LogP contribution is -2.56. The fourth-order valence-corrected chi connectivity index (χ4v) is 4.93. The maximum atomic E-state index is 13.0. The maximum Gasteiger partial charge on any atom is 0.407 e. The van der Waals surface area contributed by atoms with E-state index < -0.39 is 23.5 Å². The van der Waals surface area contributed by atoms with Crippen LogP contribution in [0.5, 0.6) is 0 Å². The van der Waals surface area contributed by atoms with Crippen LogP contribution in [0.15, 0.2) is 48.5 Å². The van der Waals surface area contributed by atoms with Gasteiger partial charge in [0.25, 0.3) is 0 Å². The third kappa shape index (κ3) is 5.32. The minimum absolute atomic E-state index is 0.0397. The normalized spacial score (nSPS) is 16.5. The Kier molecular flexibility index (Phi) is 7.40. The summed E-state index contributed by atoms with van der Waals surface area (Å²) in [5, 5.41) is 14.9. The number of hydrogen-bond acceptors (Lipinski definition) is 5. The lowest BCUT2D eigenvalue weighted by molar-refractivity contribution is -0.146. The zero-order valence-corrected chi connectivity index (χ0v) is 20.3. The van der Waals surface area contributed by atoms with E-state index >= 15 is 0 Å². The molecule has 2 aliphatic carbocycles. The van der Waals surface area contributed by atoms with Gasteiger partial charge in [-0.05, 0) is 55.6 Å². The van der Waals surface area contributed by atoms with Crippen molar-refractivity contribution in [3.05, 3.63) is 59.7 Å². The van der Waals surface area contributed by atoms with E-state index in [0.717, 1.165) is 28.7 Å². The van der Waals surface area contributed by atoms with Crippen molar-refractivity contribution in [3.8, 4) is 11.1 Å². The van der Waals surface area contributed by atoms with Gasteiger partial charge in [-0.3, -0.25) is 4.79 Å². The van der Waals surface area contributed by atoms with Gasteiger partial charge in [-0.15, -0.1) is 0 Å². The molecule has 4 rings (SSSR count). The van der Waals surface area contributed by atoms with Crippen LogP contribution in [0.4, 0.5) is 4.79 Å². The number of alkyl carbamates (subject to hydrolysis) is 1. The molecule has 0 aromatic heterocycles. The number of aliphatic carboxylic acids is 1. The van der Waals surface area contributed by atoms with E-state index in [1.54, 1.807) is 0 Å². The average molecular weight is 480 g/mol. The van der Waals surface area contributed by atoms with Gasteiger partial charge in [-0.25, -0.2) is 9.59 Å². The monoisotopic (exact) mass is 479 g/mol. The third-order valence-corrected chi connectivity index (χ3v) is 7.18. The molecule has 0 aliphatic heterocycles. The molecule has 3 N–H and O–H groups in total. The first-order valence-electron chi connectivity index (χ1n) is 12.1. The van der Waals surface area contributed by atoms with E-state index in [2.05, 4.69) is 34.9 Å². The van der Waals surface area contributed by atoms with Crippen LogP contribution in [0.1, 0.15) is 42.7 Å². The summed E-state index contributed by atoms with van der Waals surface area (Å²) in [6.07, 6.45) is 1.79. The van der Waals surface area contributed by atoms with Crippen molar-refractivity contribution in [3.63, 3.8) is 0 Å². The number of fused-ring (bicyclic) bond motifs is 3. The molecule has 1 atom stereocenters. The number of carboxylic acids is 1. The maximum absolute atomic E-state index is 13.0. The second-order valence-corrected chi connectivity index (χ2v) is 9.77. The lowest BCUT2D eigenvalue weighted by atomic mass is 9.68. The Labute approximate surface area is 205 Å². The summed E-state index contributed by atoms with van der Waals surface area (Å²) in [6.45, 7) is 0.864. The minimum Gasteiger partial charge on any atom is -0.480 e. The van der Waals surface area contributed by atoms with Crippen LogP contribution in [-0.4, -0.2) is 67.8 Å². The summed E-state index contributed by atoms with van der Waals surface area (Å²) in [7, 11) is 3.71. The number of hydrogen-bond donors (Lipinski definition) is 3. The third-order valence-electron chi connectivity index (χ3n) is 7.18. The fourth-order valence-electron chi connectivity index (χ4n) is 4.93. The number of nitrogens with zero attached hydrogens (tertiary/aromatic N) is 1. The lowest BCUT2D eigenvalue weighted by Gasteiger charge is -2.40. The topological polar surface area (TPSA) is 108 Å². The van der Waals surface area contributed by atoms with Gasteiger partial charge < -0.3 is 25.4 Å². The summed E-state index contributed by atoms with van der Waals surface area (Å²) >= 11 is 0. The van der Waals surface area contributed by atoms with Gasteiger partial charge >= 0.3 is 12.1 Å². The first-order chi connectivity index (χ1) is 16.8. The number of ether oxygens (including phenoxy) is 1. The number of rotatable bonds is 10. The van der Waals surface area contributed by atoms with Crippen LogP contribution in [-0.2, 0) is 14.3 Å². The molecule has 186 valence electrons. The Bertz CT molecular complexity index is 1050. The fraction of sp³-hybridized carbons (Fsp3) is 0.444. The van der Waals surface area contributed by atoms with Crippen LogP contribution in [0, 0.1) is 5.41 Å². The van der Waals surface area contributed by atoms with Crippen LogP contribution in [0.2, 0.25) is 0 Å². The first kappa shape index (κ1) is 24.7. The van der Waals surface area contributed by atoms with Crippen molar-refractivity contribution in [1.29, 1.82) is 0 Å². The Hall–Kier alpha value is -3.39. The van der Waals surface area contributed by atoms with Gasteiger partial charge in [0.1, 0.15) is 12.6 Å². The van der Waals surface area contributed by atoms with Crippen molar-refractivity contribution in [1.82, 2.24) is 15.5 Å². The largest absolute Gasteiger partial charge is 0.480 e. The molecule has 2 aromatic rings. The predicted molar refractivity (Wildman–Crippen MR) is 132 cm³/mol. The molecule has 0 heterocycles. The van der Waals surface area contributed by atoms with E-state index in [9.17, 15) is 19.5 Å². The molecular weight excluding hydrogens is 446 g/mol. The van der Waals surface area contributed by atoms with Crippen LogP contribution < -0.4 is 10.6 Å². The van der Waals surface area contributed by atoms with E-state index in [0.29, 0.717) is 25.8 Å². The minimum atomic E-state index is -1.06. The number of carboxylic acid groups (broad SMARTS) is 1. The average Bonchev–Trinajstić information content (AvgIpc) is 3.13. The molecule has 2 amide bonds. The van der Waals surface area contributed by atoms with Crippen molar-refractivity contribution in [2.75, 3.05) is 33.8 Å². The summed E-state index contributed by atoms with van der Waals surface area (Å²) < 4.78 is 5.59. The van der Waals surface area contributed by atoms with Gasteiger partial charge in [0.2, 0.25) is 5.91 Å². The van der Waals surface area contributed by atoms with E-state index in [4.69, 9.17) is 4.74 Å². The number of benzene rings is 2. The molecule has 1 fully saturated rings. The highest BCUT2D eigenvalue weighted by atomic mass is 16.5. The molecule has 1 unspecified atom stereocenters. The zero-order valence-electron chi connectivity index (χ0n) is 20.3. The van der Waals surface area contributed by atoms with E-state index in [-0.39, 0.29) is 25.0 Å². The van der Waals surface area contributed by atoms with Crippen molar-refractivity contribution < 1.29 is 24.2 Å². The molecule has 8 nitrogen and oxygen atoms in total. The Morgan fingerprint density at radius 1 is 1.06 bits per heavy atom. The Morgan fingerprint density at radius 2 is 1.66 bits per heavy atom. The van der Waals surface area contributed by atoms with Crippen molar-refractivity contribution >= 4 is 18.0 Å². The molecule has 2 aliphatic rings. The number of amides is 2. The van der Waals surface area contributed by atoms with Crippen LogP contribution in [0.3, 0.4) is 0 Å². The highest BCUT2D eigenvalue weighted by Crippen LogP contribution is 2.44. The van der Waals surface area contributed by atoms with Gasteiger partial charge in [0.15, 0.2) is 0 Å². The SMILES string of the molecule is CN(C)CCC(NC(=O)C1(CNC(=O)OCC2c3ccccc3-c3ccccc32)CCC1)C(=O)O. The number of carbonyl (C=O) groups excluding carboxylic acids is 2. The predicted octanol–water partition coefficient (Wildman–Crippen LogP) is 3.22. The second-order valence-electron chi connectivity index (χ2n) is 9.77. The summed E-state index contributed by atoms with van der Waals surface area (Å²) in [5.41, 5.74) is 3.79.